The second-order valence-electron chi connectivity index (χ2n) is 5.21. The highest BCUT2D eigenvalue weighted by atomic mass is 79.9. The van der Waals surface area contributed by atoms with Crippen molar-refractivity contribution in [1.82, 2.24) is 4.90 Å². The molecule has 1 aliphatic heterocycles. The molecular formula is C15H20BrN3. The van der Waals surface area contributed by atoms with Gasteiger partial charge in [0.05, 0.1) is 11.3 Å². The first-order valence-corrected chi connectivity index (χ1v) is 7.67. The molecule has 1 N–H and O–H groups in total. The Morgan fingerprint density at radius 2 is 2.11 bits per heavy atom. The molecule has 0 radical (unpaired) electrons. The predicted molar refractivity (Wildman–Crippen MR) is 82.2 cm³/mol. The van der Waals surface area contributed by atoms with E-state index in [1.165, 1.54) is 32.4 Å². The molecule has 0 amide bonds. The Morgan fingerprint density at radius 1 is 1.37 bits per heavy atom. The molecule has 102 valence electrons. The molecular weight excluding hydrogens is 302 g/mol. The zero-order valence-electron chi connectivity index (χ0n) is 11.3. The number of hydrogen-bond donors (Lipinski definition) is 1. The summed E-state index contributed by atoms with van der Waals surface area (Å²) in [5.74, 6) is 0. The van der Waals surface area contributed by atoms with E-state index in [9.17, 15) is 0 Å². The highest BCUT2D eigenvalue weighted by Crippen LogP contribution is 2.22. The Hall–Kier alpha value is -1.05. The summed E-state index contributed by atoms with van der Waals surface area (Å²) in [6.07, 6.45) is 3.99. The molecule has 4 heteroatoms. The topological polar surface area (TPSA) is 39.1 Å². The van der Waals surface area contributed by atoms with Crippen molar-refractivity contribution in [2.75, 3.05) is 25.0 Å². The van der Waals surface area contributed by atoms with Gasteiger partial charge in [-0.25, -0.2) is 0 Å². The molecule has 1 atom stereocenters. The van der Waals surface area contributed by atoms with Crippen LogP contribution in [0.4, 0.5) is 5.69 Å². The summed E-state index contributed by atoms with van der Waals surface area (Å²) in [5.41, 5.74) is 1.62. The van der Waals surface area contributed by atoms with Crippen LogP contribution in [-0.2, 0) is 0 Å². The summed E-state index contributed by atoms with van der Waals surface area (Å²) in [4.78, 5) is 2.51. The fourth-order valence-electron chi connectivity index (χ4n) is 2.57. The van der Waals surface area contributed by atoms with E-state index in [4.69, 9.17) is 5.26 Å². The fourth-order valence-corrected chi connectivity index (χ4v) is 2.93. The molecule has 3 nitrogen and oxygen atoms in total. The van der Waals surface area contributed by atoms with Crippen molar-refractivity contribution in [3.05, 3.63) is 28.2 Å². The lowest BCUT2D eigenvalue weighted by atomic mass is 10.1. The number of nitriles is 1. The Morgan fingerprint density at radius 3 is 2.79 bits per heavy atom. The summed E-state index contributed by atoms with van der Waals surface area (Å²) in [6.45, 7) is 5.62. The van der Waals surface area contributed by atoms with Gasteiger partial charge in [-0.05, 0) is 51.1 Å². The second kappa shape index (κ2) is 6.93. The van der Waals surface area contributed by atoms with Gasteiger partial charge in [0.1, 0.15) is 6.07 Å². The third-order valence-corrected chi connectivity index (χ3v) is 3.98. The number of halogens is 1. The van der Waals surface area contributed by atoms with E-state index < -0.39 is 0 Å². The Bertz CT molecular complexity index is 461. The maximum absolute atomic E-state index is 9.13. The van der Waals surface area contributed by atoms with Gasteiger partial charge in [-0.15, -0.1) is 0 Å². The Balaban J connectivity index is 1.96. The van der Waals surface area contributed by atoms with Gasteiger partial charge in [0, 0.05) is 17.1 Å². The average Bonchev–Trinajstić information content (AvgIpc) is 2.40. The van der Waals surface area contributed by atoms with Crippen LogP contribution >= 0.6 is 15.9 Å². The first kappa shape index (κ1) is 14.4. The van der Waals surface area contributed by atoms with Crippen molar-refractivity contribution in [3.63, 3.8) is 0 Å². The van der Waals surface area contributed by atoms with Gasteiger partial charge in [-0.1, -0.05) is 22.4 Å². The molecule has 0 bridgehead atoms. The second-order valence-corrected chi connectivity index (χ2v) is 6.12. The quantitative estimate of drug-likeness (QED) is 0.920. The van der Waals surface area contributed by atoms with Crippen molar-refractivity contribution in [1.29, 1.82) is 5.26 Å². The lowest BCUT2D eigenvalue weighted by Crippen LogP contribution is -2.38. The van der Waals surface area contributed by atoms with Crippen molar-refractivity contribution in [3.8, 4) is 6.07 Å². The van der Waals surface area contributed by atoms with Crippen LogP contribution in [0.15, 0.2) is 22.7 Å². The Labute approximate surface area is 123 Å². The SMILES string of the molecule is CC(CN1CCCCC1)Nc1cc(Br)ccc1C#N. The highest BCUT2D eigenvalue weighted by molar-refractivity contribution is 9.10. The minimum absolute atomic E-state index is 0.347. The summed E-state index contributed by atoms with van der Waals surface area (Å²) in [7, 11) is 0. The van der Waals surface area contributed by atoms with Crippen molar-refractivity contribution in [2.24, 2.45) is 0 Å². The highest BCUT2D eigenvalue weighted by Gasteiger charge is 2.14. The van der Waals surface area contributed by atoms with Gasteiger partial charge < -0.3 is 10.2 Å². The summed E-state index contributed by atoms with van der Waals surface area (Å²) < 4.78 is 0.999. The molecule has 1 fully saturated rings. The molecule has 1 aliphatic rings. The standard InChI is InChI=1S/C15H20BrN3/c1-12(11-19-7-3-2-4-8-19)18-15-9-14(16)6-5-13(15)10-17/h5-6,9,12,18H,2-4,7-8,11H2,1H3. The predicted octanol–water partition coefficient (Wildman–Crippen LogP) is 3.61. The van der Waals surface area contributed by atoms with E-state index in [1.54, 1.807) is 0 Å². The molecule has 1 aromatic carbocycles. The largest absolute Gasteiger partial charge is 0.380 e. The first-order chi connectivity index (χ1) is 9.19. The molecule has 1 saturated heterocycles. The minimum atomic E-state index is 0.347. The van der Waals surface area contributed by atoms with Gasteiger partial charge in [-0.3, -0.25) is 0 Å². The molecule has 0 spiro atoms. The number of hydrogen-bond acceptors (Lipinski definition) is 3. The van der Waals surface area contributed by atoms with Gasteiger partial charge in [0.15, 0.2) is 0 Å². The van der Waals surface area contributed by atoms with Crippen LogP contribution in [0.5, 0.6) is 0 Å². The van der Waals surface area contributed by atoms with Crippen molar-refractivity contribution in [2.45, 2.75) is 32.2 Å². The maximum atomic E-state index is 9.13. The van der Waals surface area contributed by atoms with Crippen molar-refractivity contribution < 1.29 is 0 Å². The number of anilines is 1. The van der Waals surface area contributed by atoms with E-state index in [0.29, 0.717) is 11.6 Å². The monoisotopic (exact) mass is 321 g/mol. The number of nitrogens with zero attached hydrogens (tertiary/aromatic N) is 2. The van der Waals surface area contributed by atoms with E-state index >= 15 is 0 Å². The summed E-state index contributed by atoms with van der Waals surface area (Å²) in [5, 5.41) is 12.6. The van der Waals surface area contributed by atoms with Gasteiger partial charge >= 0.3 is 0 Å². The molecule has 2 rings (SSSR count). The molecule has 1 heterocycles. The van der Waals surface area contributed by atoms with Crippen LogP contribution in [0.3, 0.4) is 0 Å². The maximum Gasteiger partial charge on any atom is 0.101 e. The van der Waals surface area contributed by atoms with Gasteiger partial charge in [0.25, 0.3) is 0 Å². The van der Waals surface area contributed by atoms with E-state index in [1.807, 2.05) is 18.2 Å². The lowest BCUT2D eigenvalue weighted by molar-refractivity contribution is 0.223. The van der Waals surface area contributed by atoms with Gasteiger partial charge in [0.2, 0.25) is 0 Å². The van der Waals surface area contributed by atoms with E-state index in [2.05, 4.69) is 39.1 Å². The van der Waals surface area contributed by atoms with Crippen LogP contribution in [-0.4, -0.2) is 30.6 Å². The third-order valence-electron chi connectivity index (χ3n) is 3.48. The van der Waals surface area contributed by atoms with Crippen LogP contribution in [0.25, 0.3) is 0 Å². The number of nitrogens with one attached hydrogen (secondary N) is 1. The molecule has 0 aromatic heterocycles. The normalized spacial score (nSPS) is 17.7. The molecule has 1 unspecified atom stereocenters. The summed E-state index contributed by atoms with van der Waals surface area (Å²) in [6, 6.07) is 8.31. The average molecular weight is 322 g/mol. The van der Waals surface area contributed by atoms with Crippen LogP contribution < -0.4 is 5.32 Å². The molecule has 1 aromatic rings. The lowest BCUT2D eigenvalue weighted by Gasteiger charge is -2.29. The van der Waals surface area contributed by atoms with Gasteiger partial charge in [-0.2, -0.15) is 5.26 Å². The van der Waals surface area contributed by atoms with Crippen LogP contribution in [0, 0.1) is 11.3 Å². The summed E-state index contributed by atoms with van der Waals surface area (Å²) >= 11 is 3.45. The number of benzene rings is 1. The Kier molecular flexibility index (Phi) is 5.24. The molecule has 0 saturated carbocycles. The first-order valence-electron chi connectivity index (χ1n) is 6.87. The number of rotatable bonds is 4. The zero-order chi connectivity index (χ0) is 13.7. The fraction of sp³-hybridized carbons (Fsp3) is 0.533. The van der Waals surface area contributed by atoms with Crippen molar-refractivity contribution >= 4 is 21.6 Å². The van der Waals surface area contributed by atoms with Crippen LogP contribution in [0.2, 0.25) is 0 Å². The number of piperidine rings is 1. The molecule has 0 aliphatic carbocycles. The van der Waals surface area contributed by atoms with E-state index in [-0.39, 0.29) is 0 Å². The van der Waals surface area contributed by atoms with Crippen LogP contribution in [0.1, 0.15) is 31.7 Å². The zero-order valence-corrected chi connectivity index (χ0v) is 12.9. The minimum Gasteiger partial charge on any atom is -0.380 e. The third kappa shape index (κ3) is 4.22. The van der Waals surface area contributed by atoms with E-state index in [0.717, 1.165) is 16.7 Å². The number of likely N-dealkylation sites (tertiary alicyclic amines) is 1. The molecule has 19 heavy (non-hydrogen) atoms. The smallest absolute Gasteiger partial charge is 0.101 e.